The highest BCUT2D eigenvalue weighted by atomic mass is 16.4. The fourth-order valence-electron chi connectivity index (χ4n) is 1.02. The van der Waals surface area contributed by atoms with Crippen molar-refractivity contribution in [3.63, 3.8) is 0 Å². The Hall–Kier alpha value is -1.39. The predicted molar refractivity (Wildman–Crippen MR) is 46.5 cm³/mol. The first-order chi connectivity index (χ1) is 6.11. The van der Waals surface area contributed by atoms with Gasteiger partial charge >= 0.3 is 5.97 Å². The lowest BCUT2D eigenvalue weighted by Crippen LogP contribution is -2.03. The van der Waals surface area contributed by atoms with E-state index in [2.05, 4.69) is 29.3 Å². The van der Waals surface area contributed by atoms with Crippen molar-refractivity contribution in [2.45, 2.75) is 26.7 Å². The maximum Gasteiger partial charge on any atom is 0.358 e. The number of H-pyrrole nitrogens is 1. The zero-order valence-corrected chi connectivity index (χ0v) is 7.74. The highest BCUT2D eigenvalue weighted by Crippen LogP contribution is 2.09. The summed E-state index contributed by atoms with van der Waals surface area (Å²) in [4.78, 5) is 10.6. The van der Waals surface area contributed by atoms with Gasteiger partial charge in [0, 0.05) is 0 Å². The number of hydrogen-bond acceptors (Lipinski definition) is 3. The van der Waals surface area contributed by atoms with Gasteiger partial charge in [-0.25, -0.2) is 4.79 Å². The van der Waals surface area contributed by atoms with E-state index in [1.165, 1.54) is 0 Å². The summed E-state index contributed by atoms with van der Waals surface area (Å²) in [7, 11) is 0. The quantitative estimate of drug-likeness (QED) is 0.732. The van der Waals surface area contributed by atoms with Crippen LogP contribution in [0, 0.1) is 5.92 Å². The molecule has 5 nitrogen and oxygen atoms in total. The first-order valence-corrected chi connectivity index (χ1v) is 4.24. The number of aromatic nitrogens is 3. The van der Waals surface area contributed by atoms with Crippen molar-refractivity contribution in [3.8, 4) is 0 Å². The number of aromatic amines is 1. The molecule has 0 amide bonds. The van der Waals surface area contributed by atoms with Gasteiger partial charge in [0.05, 0.1) is 5.69 Å². The van der Waals surface area contributed by atoms with Gasteiger partial charge in [0.15, 0.2) is 5.69 Å². The molecule has 0 saturated carbocycles. The lowest BCUT2D eigenvalue weighted by molar-refractivity contribution is 0.0689. The van der Waals surface area contributed by atoms with Crippen LogP contribution in [0.15, 0.2) is 0 Å². The van der Waals surface area contributed by atoms with Crippen LogP contribution in [0.1, 0.15) is 36.5 Å². The Morgan fingerprint density at radius 1 is 1.54 bits per heavy atom. The van der Waals surface area contributed by atoms with E-state index in [-0.39, 0.29) is 5.69 Å². The minimum absolute atomic E-state index is 0.0423. The van der Waals surface area contributed by atoms with Gasteiger partial charge in [-0.2, -0.15) is 10.3 Å². The van der Waals surface area contributed by atoms with Gasteiger partial charge in [-0.15, -0.1) is 5.10 Å². The van der Waals surface area contributed by atoms with E-state index in [4.69, 9.17) is 5.11 Å². The molecule has 0 spiro atoms. The summed E-state index contributed by atoms with van der Waals surface area (Å²) in [5.74, 6) is -0.481. The Morgan fingerprint density at radius 2 is 2.23 bits per heavy atom. The number of rotatable bonds is 4. The van der Waals surface area contributed by atoms with Crippen LogP contribution in [-0.2, 0) is 6.42 Å². The third-order valence-electron chi connectivity index (χ3n) is 1.78. The summed E-state index contributed by atoms with van der Waals surface area (Å²) >= 11 is 0. The normalized spacial score (nSPS) is 10.7. The molecule has 1 heterocycles. The molecule has 0 aliphatic rings. The van der Waals surface area contributed by atoms with E-state index in [0.717, 1.165) is 6.42 Å². The number of nitrogens with zero attached hydrogens (tertiary/aromatic N) is 2. The molecule has 1 rings (SSSR count). The molecule has 0 unspecified atom stereocenters. The number of carbonyl (C=O) groups is 1. The maximum absolute atomic E-state index is 10.6. The molecule has 0 aliphatic heterocycles. The molecular weight excluding hydrogens is 170 g/mol. The highest BCUT2D eigenvalue weighted by Gasteiger charge is 2.14. The van der Waals surface area contributed by atoms with Gasteiger partial charge in [0.2, 0.25) is 0 Å². The molecule has 2 N–H and O–H groups in total. The number of nitrogens with one attached hydrogen (secondary N) is 1. The summed E-state index contributed by atoms with van der Waals surface area (Å²) in [6.45, 7) is 4.17. The SMILES string of the molecule is CC(C)CCc1n[nH]nc1C(=O)O. The first-order valence-electron chi connectivity index (χ1n) is 4.24. The molecule has 0 saturated heterocycles. The predicted octanol–water partition coefficient (Wildman–Crippen LogP) is 1.09. The Kier molecular flexibility index (Phi) is 3.00. The van der Waals surface area contributed by atoms with E-state index < -0.39 is 5.97 Å². The van der Waals surface area contributed by atoms with Crippen LogP contribution in [0.5, 0.6) is 0 Å². The lowest BCUT2D eigenvalue weighted by atomic mass is 10.1. The number of hydrogen-bond donors (Lipinski definition) is 2. The van der Waals surface area contributed by atoms with Crippen molar-refractivity contribution in [1.29, 1.82) is 0 Å². The van der Waals surface area contributed by atoms with Crippen molar-refractivity contribution in [2.24, 2.45) is 5.92 Å². The molecule has 72 valence electrons. The smallest absolute Gasteiger partial charge is 0.358 e. The summed E-state index contributed by atoms with van der Waals surface area (Å²) in [5.41, 5.74) is 0.585. The van der Waals surface area contributed by atoms with E-state index in [1.807, 2.05) is 0 Å². The Labute approximate surface area is 76.2 Å². The zero-order chi connectivity index (χ0) is 9.84. The Morgan fingerprint density at radius 3 is 2.77 bits per heavy atom. The number of carboxylic acid groups (broad SMARTS) is 1. The molecular formula is C8H13N3O2. The minimum atomic E-state index is -1.02. The molecule has 0 atom stereocenters. The highest BCUT2D eigenvalue weighted by molar-refractivity contribution is 5.86. The molecule has 0 aliphatic carbocycles. The second kappa shape index (κ2) is 4.02. The third kappa shape index (κ3) is 2.54. The van der Waals surface area contributed by atoms with E-state index in [0.29, 0.717) is 18.0 Å². The summed E-state index contributed by atoms with van der Waals surface area (Å²) in [6.07, 6.45) is 1.59. The minimum Gasteiger partial charge on any atom is -0.476 e. The number of aromatic carboxylic acids is 1. The molecule has 0 bridgehead atoms. The van der Waals surface area contributed by atoms with Crippen molar-refractivity contribution < 1.29 is 9.90 Å². The van der Waals surface area contributed by atoms with Crippen molar-refractivity contribution >= 4 is 5.97 Å². The second-order valence-electron chi connectivity index (χ2n) is 3.36. The van der Waals surface area contributed by atoms with Gasteiger partial charge in [-0.1, -0.05) is 13.8 Å². The summed E-state index contributed by atoms with van der Waals surface area (Å²) in [6, 6.07) is 0. The van der Waals surface area contributed by atoms with Crippen LogP contribution in [-0.4, -0.2) is 26.5 Å². The monoisotopic (exact) mass is 183 g/mol. The standard InChI is InChI=1S/C8H13N3O2/c1-5(2)3-4-6-7(8(12)13)10-11-9-6/h5H,3-4H2,1-2H3,(H,12,13)(H,9,10,11). The summed E-state index contributed by atoms with van der Waals surface area (Å²) < 4.78 is 0. The molecule has 0 fully saturated rings. The van der Waals surface area contributed by atoms with Gasteiger partial charge < -0.3 is 5.11 Å². The fraction of sp³-hybridized carbons (Fsp3) is 0.625. The average Bonchev–Trinajstić information content (AvgIpc) is 2.47. The Bertz CT molecular complexity index is 293. The van der Waals surface area contributed by atoms with Gasteiger partial charge in [0.1, 0.15) is 0 Å². The van der Waals surface area contributed by atoms with Crippen molar-refractivity contribution in [2.75, 3.05) is 0 Å². The third-order valence-corrected chi connectivity index (χ3v) is 1.78. The van der Waals surface area contributed by atoms with Crippen LogP contribution in [0.2, 0.25) is 0 Å². The zero-order valence-electron chi connectivity index (χ0n) is 7.74. The largest absolute Gasteiger partial charge is 0.476 e. The number of carboxylic acids is 1. The number of aryl methyl sites for hydroxylation is 1. The van der Waals surface area contributed by atoms with Crippen LogP contribution in [0.4, 0.5) is 0 Å². The van der Waals surface area contributed by atoms with Gasteiger partial charge in [-0.05, 0) is 18.8 Å². The van der Waals surface area contributed by atoms with E-state index >= 15 is 0 Å². The van der Waals surface area contributed by atoms with Gasteiger partial charge in [0.25, 0.3) is 0 Å². The van der Waals surface area contributed by atoms with Crippen LogP contribution in [0.25, 0.3) is 0 Å². The molecule has 13 heavy (non-hydrogen) atoms. The molecule has 1 aromatic heterocycles. The first kappa shape index (κ1) is 9.70. The second-order valence-corrected chi connectivity index (χ2v) is 3.36. The van der Waals surface area contributed by atoms with Crippen LogP contribution >= 0.6 is 0 Å². The Balaban J connectivity index is 2.65. The van der Waals surface area contributed by atoms with E-state index in [9.17, 15) is 4.79 Å². The maximum atomic E-state index is 10.6. The topological polar surface area (TPSA) is 78.9 Å². The molecule has 5 heteroatoms. The van der Waals surface area contributed by atoms with Crippen molar-refractivity contribution in [1.82, 2.24) is 15.4 Å². The summed E-state index contributed by atoms with van der Waals surface area (Å²) in [5, 5.41) is 18.4. The van der Waals surface area contributed by atoms with E-state index in [1.54, 1.807) is 0 Å². The lowest BCUT2D eigenvalue weighted by Gasteiger charge is -2.01. The average molecular weight is 183 g/mol. The van der Waals surface area contributed by atoms with Gasteiger partial charge in [-0.3, -0.25) is 0 Å². The van der Waals surface area contributed by atoms with Crippen LogP contribution < -0.4 is 0 Å². The fourth-order valence-corrected chi connectivity index (χ4v) is 1.02. The molecule has 0 aromatic carbocycles. The van der Waals surface area contributed by atoms with Crippen molar-refractivity contribution in [3.05, 3.63) is 11.4 Å². The molecule has 1 aromatic rings. The molecule has 0 radical (unpaired) electrons. The van der Waals surface area contributed by atoms with Crippen LogP contribution in [0.3, 0.4) is 0 Å².